The van der Waals surface area contributed by atoms with Gasteiger partial charge in [-0.3, -0.25) is 0 Å². The monoisotopic (exact) mass is 272 g/mol. The number of para-hydroxylation sites is 1. The van der Waals surface area contributed by atoms with E-state index in [0.717, 1.165) is 0 Å². The van der Waals surface area contributed by atoms with Gasteiger partial charge in [0.1, 0.15) is 4.90 Å². The Balaban J connectivity index is 2.43. The van der Waals surface area contributed by atoms with Crippen LogP contribution in [0.2, 0.25) is 0 Å². The molecule has 0 aliphatic carbocycles. The van der Waals surface area contributed by atoms with Crippen molar-refractivity contribution in [1.29, 1.82) is 0 Å². The van der Waals surface area contributed by atoms with Crippen molar-refractivity contribution in [2.45, 2.75) is 10.9 Å². The van der Waals surface area contributed by atoms with E-state index in [1.165, 1.54) is 6.07 Å². The van der Waals surface area contributed by atoms with Crippen LogP contribution in [0.5, 0.6) is 0 Å². The van der Waals surface area contributed by atoms with Crippen LogP contribution in [0.25, 0.3) is 0 Å². The molecule has 1 heterocycles. The zero-order valence-corrected chi connectivity index (χ0v) is 10.6. The molecular formula is C11H16N2O4S. The highest BCUT2D eigenvalue weighted by molar-refractivity contribution is 7.89. The van der Waals surface area contributed by atoms with Crippen LogP contribution in [0.1, 0.15) is 0 Å². The van der Waals surface area contributed by atoms with Gasteiger partial charge in [0.05, 0.1) is 31.5 Å². The molecule has 0 saturated carbocycles. The highest BCUT2D eigenvalue weighted by Gasteiger charge is 2.26. The van der Waals surface area contributed by atoms with Gasteiger partial charge in [-0.1, -0.05) is 12.1 Å². The number of nitrogens with zero attached hydrogens (tertiary/aromatic N) is 1. The maximum atomic E-state index is 11.5. The second-order valence-corrected chi connectivity index (χ2v) is 5.65. The predicted molar refractivity (Wildman–Crippen MR) is 66.9 cm³/mol. The molecule has 0 spiro atoms. The van der Waals surface area contributed by atoms with Crippen molar-refractivity contribution in [1.82, 2.24) is 0 Å². The third-order valence-electron chi connectivity index (χ3n) is 2.92. The molecule has 2 rings (SSSR count). The Kier molecular flexibility index (Phi) is 3.86. The first-order valence-electron chi connectivity index (χ1n) is 5.61. The van der Waals surface area contributed by atoms with Gasteiger partial charge >= 0.3 is 0 Å². The SMILES string of the molecule is NS(=O)(=O)c1ccccc1N1CCOCC1CO. The number of aliphatic hydroxyl groups excluding tert-OH is 1. The van der Waals surface area contributed by atoms with Crippen LogP contribution in [0.15, 0.2) is 29.2 Å². The van der Waals surface area contributed by atoms with Gasteiger partial charge in [-0.25, -0.2) is 13.6 Å². The summed E-state index contributed by atoms with van der Waals surface area (Å²) in [5.74, 6) is 0. The molecule has 0 radical (unpaired) electrons. The molecule has 0 bridgehead atoms. The van der Waals surface area contributed by atoms with E-state index < -0.39 is 10.0 Å². The van der Waals surface area contributed by atoms with E-state index in [2.05, 4.69) is 0 Å². The Labute approximate surface area is 106 Å². The van der Waals surface area contributed by atoms with Crippen LogP contribution in [0.4, 0.5) is 5.69 Å². The molecule has 6 nitrogen and oxygen atoms in total. The summed E-state index contributed by atoms with van der Waals surface area (Å²) in [4.78, 5) is 1.90. The standard InChI is InChI=1S/C11H16N2O4S/c12-18(15,16)11-4-2-1-3-10(11)13-5-6-17-8-9(13)7-14/h1-4,9,14H,5-8H2,(H2,12,15,16). The largest absolute Gasteiger partial charge is 0.394 e. The van der Waals surface area contributed by atoms with E-state index in [4.69, 9.17) is 9.88 Å². The van der Waals surface area contributed by atoms with Crippen LogP contribution < -0.4 is 10.0 Å². The normalized spacial score (nSPS) is 21.0. The van der Waals surface area contributed by atoms with Crippen LogP contribution in [0.3, 0.4) is 0 Å². The number of aliphatic hydroxyl groups is 1. The molecule has 0 aromatic heterocycles. The van der Waals surface area contributed by atoms with E-state index in [-0.39, 0.29) is 17.5 Å². The fourth-order valence-electron chi connectivity index (χ4n) is 2.06. The van der Waals surface area contributed by atoms with E-state index >= 15 is 0 Å². The maximum absolute atomic E-state index is 11.5. The number of primary sulfonamides is 1. The summed E-state index contributed by atoms with van der Waals surface area (Å²) in [7, 11) is -3.78. The minimum atomic E-state index is -3.78. The predicted octanol–water partition coefficient (Wildman–Crippen LogP) is -0.468. The van der Waals surface area contributed by atoms with Crippen molar-refractivity contribution in [2.24, 2.45) is 5.14 Å². The summed E-state index contributed by atoms with van der Waals surface area (Å²) in [6.45, 7) is 1.29. The summed E-state index contributed by atoms with van der Waals surface area (Å²) in [5.41, 5.74) is 0.516. The Hall–Kier alpha value is -1.15. The molecule has 1 saturated heterocycles. The number of rotatable bonds is 3. The molecule has 18 heavy (non-hydrogen) atoms. The molecule has 7 heteroatoms. The van der Waals surface area contributed by atoms with Gasteiger partial charge in [0, 0.05) is 6.54 Å². The lowest BCUT2D eigenvalue weighted by atomic mass is 10.2. The first-order valence-corrected chi connectivity index (χ1v) is 7.15. The number of hydrogen-bond acceptors (Lipinski definition) is 5. The number of ether oxygens (including phenoxy) is 1. The molecule has 1 aliphatic rings. The van der Waals surface area contributed by atoms with E-state index in [9.17, 15) is 13.5 Å². The molecule has 100 valence electrons. The summed E-state index contributed by atoms with van der Waals surface area (Å²) >= 11 is 0. The van der Waals surface area contributed by atoms with Gasteiger partial charge in [-0.05, 0) is 12.1 Å². The smallest absolute Gasteiger partial charge is 0.240 e. The van der Waals surface area contributed by atoms with Crippen LogP contribution in [-0.4, -0.2) is 45.9 Å². The summed E-state index contributed by atoms with van der Waals surface area (Å²) in [5, 5.41) is 14.5. The first kappa shape index (κ1) is 13.3. The van der Waals surface area contributed by atoms with E-state index in [1.807, 2.05) is 4.90 Å². The Morgan fingerprint density at radius 2 is 2.17 bits per heavy atom. The first-order chi connectivity index (χ1) is 8.54. The van der Waals surface area contributed by atoms with Gasteiger partial charge in [0.25, 0.3) is 0 Å². The molecular weight excluding hydrogens is 256 g/mol. The van der Waals surface area contributed by atoms with Gasteiger partial charge in [-0.2, -0.15) is 0 Å². The van der Waals surface area contributed by atoms with E-state index in [1.54, 1.807) is 18.2 Å². The number of benzene rings is 1. The minimum absolute atomic E-state index is 0.0744. The quantitative estimate of drug-likeness (QED) is 0.776. The van der Waals surface area contributed by atoms with Crippen LogP contribution in [0, 0.1) is 0 Å². The van der Waals surface area contributed by atoms with Crippen LogP contribution in [-0.2, 0) is 14.8 Å². The second-order valence-electron chi connectivity index (χ2n) is 4.12. The highest BCUT2D eigenvalue weighted by Crippen LogP contribution is 2.26. The van der Waals surface area contributed by atoms with E-state index in [0.29, 0.717) is 25.4 Å². The topological polar surface area (TPSA) is 92.9 Å². The van der Waals surface area contributed by atoms with Crippen LogP contribution >= 0.6 is 0 Å². The maximum Gasteiger partial charge on any atom is 0.240 e. The Morgan fingerprint density at radius 1 is 1.44 bits per heavy atom. The number of morpholine rings is 1. The second kappa shape index (κ2) is 5.23. The molecule has 1 atom stereocenters. The highest BCUT2D eigenvalue weighted by atomic mass is 32.2. The number of anilines is 1. The number of nitrogens with two attached hydrogens (primary N) is 1. The van der Waals surface area contributed by atoms with Crippen molar-refractivity contribution >= 4 is 15.7 Å². The third-order valence-corrected chi connectivity index (χ3v) is 3.88. The third kappa shape index (κ3) is 2.64. The van der Waals surface area contributed by atoms with Gasteiger partial charge in [0.15, 0.2) is 0 Å². The Morgan fingerprint density at radius 3 is 2.83 bits per heavy atom. The minimum Gasteiger partial charge on any atom is -0.394 e. The molecule has 1 aromatic rings. The number of hydrogen-bond donors (Lipinski definition) is 2. The molecule has 1 fully saturated rings. The zero-order chi connectivity index (χ0) is 13.2. The summed E-state index contributed by atoms with van der Waals surface area (Å²) in [6, 6.07) is 6.27. The van der Waals surface area contributed by atoms with Crippen molar-refractivity contribution in [2.75, 3.05) is 31.3 Å². The lowest BCUT2D eigenvalue weighted by molar-refractivity contribution is 0.0724. The molecule has 1 aliphatic heterocycles. The average molecular weight is 272 g/mol. The van der Waals surface area contributed by atoms with Gasteiger partial charge in [-0.15, -0.1) is 0 Å². The Bertz CT molecular complexity index is 518. The zero-order valence-electron chi connectivity index (χ0n) is 9.82. The average Bonchev–Trinajstić information content (AvgIpc) is 2.37. The molecule has 1 unspecified atom stereocenters. The molecule has 3 N–H and O–H groups in total. The number of sulfonamides is 1. The lowest BCUT2D eigenvalue weighted by Gasteiger charge is -2.37. The molecule has 1 aromatic carbocycles. The van der Waals surface area contributed by atoms with Crippen molar-refractivity contribution in [3.8, 4) is 0 Å². The molecule has 0 amide bonds. The van der Waals surface area contributed by atoms with Crippen molar-refractivity contribution in [3.63, 3.8) is 0 Å². The lowest BCUT2D eigenvalue weighted by Crippen LogP contribution is -2.48. The summed E-state index contributed by atoms with van der Waals surface area (Å²) < 4.78 is 28.4. The van der Waals surface area contributed by atoms with Gasteiger partial charge < -0.3 is 14.7 Å². The summed E-state index contributed by atoms with van der Waals surface area (Å²) in [6.07, 6.45) is 0. The van der Waals surface area contributed by atoms with Gasteiger partial charge in [0.2, 0.25) is 10.0 Å². The fraction of sp³-hybridized carbons (Fsp3) is 0.455. The fourth-order valence-corrected chi connectivity index (χ4v) is 2.80. The van der Waals surface area contributed by atoms with Crippen molar-refractivity contribution in [3.05, 3.63) is 24.3 Å². The van der Waals surface area contributed by atoms with Crippen molar-refractivity contribution < 1.29 is 18.3 Å².